The van der Waals surface area contributed by atoms with Crippen LogP contribution in [0.5, 0.6) is 5.75 Å². The van der Waals surface area contributed by atoms with Gasteiger partial charge in [-0.25, -0.2) is 9.67 Å². The van der Waals surface area contributed by atoms with Gasteiger partial charge in [0.2, 0.25) is 5.95 Å². The number of phenols is 1. The number of phenolic OH excluding ortho intramolecular Hbond substituents is 1. The minimum Gasteiger partial charge on any atom is -0.508 e. The van der Waals surface area contributed by atoms with Crippen molar-refractivity contribution in [2.75, 3.05) is 11.1 Å². The normalized spacial score (nSPS) is 15.0. The Kier molecular flexibility index (Phi) is 4.47. The number of aromatic nitrogens is 4. The maximum absolute atomic E-state index is 9.66. The molecular weight excluding hydrogens is 412 g/mol. The molecule has 7 heteroatoms. The summed E-state index contributed by atoms with van der Waals surface area (Å²) < 4.78 is 2.01. The van der Waals surface area contributed by atoms with Crippen molar-refractivity contribution in [1.82, 2.24) is 19.7 Å². The van der Waals surface area contributed by atoms with Crippen LogP contribution >= 0.6 is 0 Å². The summed E-state index contributed by atoms with van der Waals surface area (Å²) in [7, 11) is 0. The average molecular weight is 435 g/mol. The molecule has 1 aliphatic rings. The van der Waals surface area contributed by atoms with Crippen LogP contribution in [-0.4, -0.2) is 24.9 Å². The molecule has 2 aromatic heterocycles. The van der Waals surface area contributed by atoms with E-state index in [1.807, 2.05) is 47.3 Å². The molecule has 7 nitrogen and oxygen atoms in total. The fraction of sp³-hybridized carbons (Fsp3) is 0.115. The Morgan fingerprint density at radius 1 is 0.970 bits per heavy atom. The number of nitrogen functional groups attached to an aromatic ring is 1. The Labute approximate surface area is 190 Å². The molecule has 0 spiro atoms. The van der Waals surface area contributed by atoms with Crippen LogP contribution < -0.4 is 11.1 Å². The monoisotopic (exact) mass is 434 g/mol. The van der Waals surface area contributed by atoms with Gasteiger partial charge in [0, 0.05) is 17.6 Å². The summed E-state index contributed by atoms with van der Waals surface area (Å²) in [6, 6.07) is 21.4. The highest BCUT2D eigenvalue weighted by Gasteiger charge is 2.28. The molecule has 0 saturated heterocycles. The molecule has 3 aromatic carbocycles. The number of fused-ring (bicyclic) bond motifs is 2. The lowest BCUT2D eigenvalue weighted by atomic mass is 9.96. The maximum atomic E-state index is 9.66. The highest BCUT2D eigenvalue weighted by atomic mass is 16.3. The molecule has 162 valence electrons. The van der Waals surface area contributed by atoms with Gasteiger partial charge in [0.1, 0.15) is 5.75 Å². The van der Waals surface area contributed by atoms with Gasteiger partial charge in [0.05, 0.1) is 17.6 Å². The summed E-state index contributed by atoms with van der Waals surface area (Å²) >= 11 is 0. The molecular formula is C26H22N6O. The maximum Gasteiger partial charge on any atom is 0.229 e. The third kappa shape index (κ3) is 3.43. The average Bonchev–Trinajstić information content (AvgIpc) is 3.45. The predicted octanol–water partition coefficient (Wildman–Crippen LogP) is 5.06. The summed E-state index contributed by atoms with van der Waals surface area (Å²) in [5.41, 5.74) is 13.1. The number of rotatable bonds is 4. The first-order valence-corrected chi connectivity index (χ1v) is 10.9. The zero-order valence-corrected chi connectivity index (χ0v) is 17.8. The van der Waals surface area contributed by atoms with Gasteiger partial charge in [0.25, 0.3) is 0 Å². The molecule has 5 aromatic rings. The van der Waals surface area contributed by atoms with Crippen molar-refractivity contribution in [1.29, 1.82) is 0 Å². The van der Waals surface area contributed by atoms with Crippen molar-refractivity contribution in [2.24, 2.45) is 0 Å². The standard InChI is InChI=1S/C26H22N6O/c27-18-6-8-19(9-7-18)30-26-28-14-17-15-29-32(25(17)31-26)24-13-12-22-21(2-1-3-23(22)24)16-4-10-20(33)11-5-16/h1-11,14-15,24,33H,12-13,27H2,(H,28,30,31). The molecule has 0 saturated carbocycles. The van der Waals surface area contributed by atoms with Crippen molar-refractivity contribution in [3.63, 3.8) is 0 Å². The smallest absolute Gasteiger partial charge is 0.229 e. The molecule has 0 bridgehead atoms. The van der Waals surface area contributed by atoms with Crippen LogP contribution in [-0.2, 0) is 6.42 Å². The first kappa shape index (κ1) is 19.3. The Morgan fingerprint density at radius 2 is 1.79 bits per heavy atom. The lowest BCUT2D eigenvalue weighted by Crippen LogP contribution is -2.10. The highest BCUT2D eigenvalue weighted by Crippen LogP contribution is 2.40. The second kappa shape index (κ2) is 7.63. The van der Waals surface area contributed by atoms with E-state index in [-0.39, 0.29) is 11.8 Å². The Bertz CT molecular complexity index is 1460. The first-order chi connectivity index (χ1) is 16.2. The fourth-order valence-corrected chi connectivity index (χ4v) is 4.62. The lowest BCUT2D eigenvalue weighted by Gasteiger charge is -2.15. The number of aromatic hydroxyl groups is 1. The molecule has 2 heterocycles. The second-order valence-electron chi connectivity index (χ2n) is 8.28. The molecule has 0 radical (unpaired) electrons. The Morgan fingerprint density at radius 3 is 2.61 bits per heavy atom. The molecule has 0 aliphatic heterocycles. The van der Waals surface area contributed by atoms with E-state index in [4.69, 9.17) is 10.7 Å². The van der Waals surface area contributed by atoms with Crippen LogP contribution in [0.2, 0.25) is 0 Å². The molecule has 6 rings (SSSR count). The number of anilines is 3. The second-order valence-corrected chi connectivity index (χ2v) is 8.28. The van der Waals surface area contributed by atoms with E-state index in [1.54, 1.807) is 18.3 Å². The zero-order valence-electron chi connectivity index (χ0n) is 17.8. The van der Waals surface area contributed by atoms with Crippen LogP contribution in [0.1, 0.15) is 23.6 Å². The van der Waals surface area contributed by atoms with E-state index in [1.165, 1.54) is 16.7 Å². The van der Waals surface area contributed by atoms with E-state index in [9.17, 15) is 5.11 Å². The summed E-state index contributed by atoms with van der Waals surface area (Å²) in [5.74, 6) is 0.792. The van der Waals surface area contributed by atoms with Gasteiger partial charge < -0.3 is 16.2 Å². The molecule has 1 atom stereocenters. The largest absolute Gasteiger partial charge is 0.508 e. The van der Waals surface area contributed by atoms with Gasteiger partial charge in [-0.05, 0) is 71.5 Å². The van der Waals surface area contributed by atoms with Crippen LogP contribution in [0.4, 0.5) is 17.3 Å². The van der Waals surface area contributed by atoms with E-state index in [0.717, 1.165) is 35.1 Å². The third-order valence-corrected chi connectivity index (χ3v) is 6.21. The minimum absolute atomic E-state index is 0.105. The number of nitrogens with one attached hydrogen (secondary N) is 1. The summed E-state index contributed by atoms with van der Waals surface area (Å²) in [6.07, 6.45) is 5.53. The van der Waals surface area contributed by atoms with Crippen LogP contribution in [0.25, 0.3) is 22.2 Å². The molecule has 0 fully saturated rings. The SMILES string of the molecule is Nc1ccc(Nc2ncc3cnn(C4CCc5c(-c6ccc(O)cc6)cccc54)c3n2)cc1. The van der Waals surface area contributed by atoms with Crippen LogP contribution in [0.3, 0.4) is 0 Å². The van der Waals surface area contributed by atoms with Gasteiger partial charge in [0.15, 0.2) is 5.65 Å². The van der Waals surface area contributed by atoms with E-state index in [0.29, 0.717) is 11.6 Å². The topological polar surface area (TPSA) is 102 Å². The van der Waals surface area contributed by atoms with E-state index < -0.39 is 0 Å². The molecule has 0 amide bonds. The number of hydrogen-bond donors (Lipinski definition) is 3. The summed E-state index contributed by atoms with van der Waals surface area (Å²) in [5, 5.41) is 18.5. The third-order valence-electron chi connectivity index (χ3n) is 6.21. The molecule has 4 N–H and O–H groups in total. The molecule has 33 heavy (non-hydrogen) atoms. The Balaban J connectivity index is 1.37. The highest BCUT2D eigenvalue weighted by molar-refractivity contribution is 5.76. The number of benzene rings is 3. The Hall–Kier alpha value is -4.39. The minimum atomic E-state index is 0.105. The van der Waals surface area contributed by atoms with Crippen molar-refractivity contribution in [3.8, 4) is 16.9 Å². The molecule has 1 unspecified atom stereocenters. The summed E-state index contributed by atoms with van der Waals surface area (Å²) in [6.45, 7) is 0. The van der Waals surface area contributed by atoms with E-state index >= 15 is 0 Å². The van der Waals surface area contributed by atoms with Gasteiger partial charge in [-0.2, -0.15) is 10.1 Å². The molecule has 1 aliphatic carbocycles. The summed E-state index contributed by atoms with van der Waals surface area (Å²) in [4.78, 5) is 9.22. The van der Waals surface area contributed by atoms with Gasteiger partial charge >= 0.3 is 0 Å². The fourth-order valence-electron chi connectivity index (χ4n) is 4.62. The van der Waals surface area contributed by atoms with Crippen LogP contribution in [0.15, 0.2) is 79.1 Å². The van der Waals surface area contributed by atoms with Crippen LogP contribution in [0, 0.1) is 0 Å². The van der Waals surface area contributed by atoms with Crippen molar-refractivity contribution in [2.45, 2.75) is 18.9 Å². The van der Waals surface area contributed by atoms with Crippen molar-refractivity contribution >= 4 is 28.4 Å². The first-order valence-electron chi connectivity index (χ1n) is 10.9. The van der Waals surface area contributed by atoms with Gasteiger partial charge in [-0.1, -0.05) is 30.3 Å². The van der Waals surface area contributed by atoms with Crippen molar-refractivity contribution < 1.29 is 5.11 Å². The van der Waals surface area contributed by atoms with Gasteiger partial charge in [-0.3, -0.25) is 0 Å². The predicted molar refractivity (Wildman–Crippen MR) is 129 cm³/mol. The number of hydrogen-bond acceptors (Lipinski definition) is 6. The lowest BCUT2D eigenvalue weighted by molar-refractivity contribution is 0.475. The number of nitrogens with zero attached hydrogens (tertiary/aromatic N) is 4. The number of nitrogens with two attached hydrogens (primary N) is 1. The quantitative estimate of drug-likeness (QED) is 0.342. The zero-order chi connectivity index (χ0) is 22.4. The van der Waals surface area contributed by atoms with E-state index in [2.05, 4.69) is 33.6 Å². The van der Waals surface area contributed by atoms with Crippen molar-refractivity contribution in [3.05, 3.63) is 90.3 Å². The van der Waals surface area contributed by atoms with Gasteiger partial charge in [-0.15, -0.1) is 0 Å².